The smallest absolute Gasteiger partial charge is 0.248 e. The van der Waals surface area contributed by atoms with E-state index in [1.54, 1.807) is 24.3 Å². The van der Waals surface area contributed by atoms with Crippen LogP contribution in [0.4, 0.5) is 0 Å². The number of carbonyl (C=O) groups excluding carboxylic acids is 1. The summed E-state index contributed by atoms with van der Waals surface area (Å²) in [7, 11) is 0. The molecular weight excluding hydrogens is 332 g/mol. The molecule has 0 aliphatic carbocycles. The van der Waals surface area contributed by atoms with Crippen molar-refractivity contribution in [1.29, 1.82) is 0 Å². The summed E-state index contributed by atoms with van der Waals surface area (Å²) in [5.74, 6) is -0.134. The van der Waals surface area contributed by atoms with Gasteiger partial charge in [0.2, 0.25) is 5.91 Å². The molecule has 0 aliphatic rings. The van der Waals surface area contributed by atoms with Crippen LogP contribution in [-0.4, -0.2) is 17.6 Å². The van der Waals surface area contributed by atoms with E-state index in [2.05, 4.69) is 21.2 Å². The highest BCUT2D eigenvalue weighted by molar-refractivity contribution is 9.10. The maximum absolute atomic E-state index is 11.1. The van der Waals surface area contributed by atoms with Gasteiger partial charge in [-0.05, 0) is 48.9 Å². The summed E-state index contributed by atoms with van der Waals surface area (Å²) in [5, 5.41) is 13.0. The van der Waals surface area contributed by atoms with Crippen LogP contribution in [0.15, 0.2) is 46.9 Å². The second kappa shape index (κ2) is 7.24. The number of hydrogen-bond acceptors (Lipinski definition) is 3. The van der Waals surface area contributed by atoms with E-state index in [1.165, 1.54) is 0 Å². The number of nitrogens with one attached hydrogen (secondary N) is 1. The maximum Gasteiger partial charge on any atom is 0.248 e. The van der Waals surface area contributed by atoms with Gasteiger partial charge in [-0.3, -0.25) is 4.79 Å². The Morgan fingerprint density at radius 2 is 2.05 bits per heavy atom. The average molecular weight is 349 g/mol. The minimum atomic E-state index is -0.413. The van der Waals surface area contributed by atoms with Crippen molar-refractivity contribution < 1.29 is 9.90 Å². The van der Waals surface area contributed by atoms with Gasteiger partial charge in [0.05, 0.1) is 0 Å². The largest absolute Gasteiger partial charge is 0.508 e. The summed E-state index contributed by atoms with van der Waals surface area (Å²) < 4.78 is 0.936. The zero-order chi connectivity index (χ0) is 15.2. The first kappa shape index (κ1) is 15.5. The van der Waals surface area contributed by atoms with Crippen LogP contribution in [0.2, 0.25) is 0 Å². The highest BCUT2D eigenvalue weighted by atomic mass is 79.9. The predicted molar refractivity (Wildman–Crippen MR) is 86.2 cm³/mol. The van der Waals surface area contributed by atoms with E-state index in [1.807, 2.05) is 18.2 Å². The molecule has 0 atom stereocenters. The second-order valence-corrected chi connectivity index (χ2v) is 5.68. The summed E-state index contributed by atoms with van der Waals surface area (Å²) >= 11 is 3.38. The zero-order valence-corrected chi connectivity index (χ0v) is 13.1. The van der Waals surface area contributed by atoms with Gasteiger partial charge in [-0.1, -0.05) is 28.1 Å². The van der Waals surface area contributed by atoms with Crippen LogP contribution < -0.4 is 11.1 Å². The Kier molecular flexibility index (Phi) is 5.36. The Bertz CT molecular complexity index is 644. The molecule has 2 aromatic rings. The van der Waals surface area contributed by atoms with Crippen molar-refractivity contribution in [3.8, 4) is 5.75 Å². The Balaban J connectivity index is 1.86. The van der Waals surface area contributed by atoms with Gasteiger partial charge >= 0.3 is 0 Å². The van der Waals surface area contributed by atoms with Gasteiger partial charge < -0.3 is 16.2 Å². The lowest BCUT2D eigenvalue weighted by Gasteiger charge is -2.08. The molecule has 2 rings (SSSR count). The van der Waals surface area contributed by atoms with Gasteiger partial charge in [-0.25, -0.2) is 0 Å². The number of hydrogen-bond donors (Lipinski definition) is 3. The quantitative estimate of drug-likeness (QED) is 0.702. The first-order valence-electron chi connectivity index (χ1n) is 6.63. The molecule has 0 saturated carbocycles. The molecule has 0 heterocycles. The summed E-state index contributed by atoms with van der Waals surface area (Å²) in [6, 6.07) is 12.7. The molecule has 4 nitrogen and oxygen atoms in total. The van der Waals surface area contributed by atoms with E-state index in [0.717, 1.165) is 28.6 Å². The van der Waals surface area contributed by atoms with Crippen LogP contribution in [-0.2, 0) is 13.0 Å². The summed E-state index contributed by atoms with van der Waals surface area (Å²) in [6.07, 6.45) is 0.788. The van der Waals surface area contributed by atoms with Gasteiger partial charge in [0.15, 0.2) is 0 Å². The van der Waals surface area contributed by atoms with E-state index in [0.29, 0.717) is 12.1 Å². The third kappa shape index (κ3) is 4.58. The number of rotatable bonds is 6. The van der Waals surface area contributed by atoms with Crippen LogP contribution >= 0.6 is 15.9 Å². The molecule has 0 fully saturated rings. The van der Waals surface area contributed by atoms with Crippen LogP contribution in [0.3, 0.4) is 0 Å². The fourth-order valence-electron chi connectivity index (χ4n) is 2.03. The van der Waals surface area contributed by atoms with Crippen LogP contribution in [0.25, 0.3) is 0 Å². The topological polar surface area (TPSA) is 75.4 Å². The van der Waals surface area contributed by atoms with E-state index in [-0.39, 0.29) is 5.75 Å². The van der Waals surface area contributed by atoms with Gasteiger partial charge in [0.1, 0.15) is 5.75 Å². The molecular formula is C16H17BrN2O2. The maximum atomic E-state index is 11.1. The molecule has 4 N–H and O–H groups in total. The van der Waals surface area contributed by atoms with Crippen LogP contribution in [0.1, 0.15) is 21.5 Å². The van der Waals surface area contributed by atoms with Gasteiger partial charge in [-0.2, -0.15) is 0 Å². The van der Waals surface area contributed by atoms with Crippen molar-refractivity contribution in [3.63, 3.8) is 0 Å². The Morgan fingerprint density at radius 1 is 1.24 bits per heavy atom. The number of primary amides is 1. The Morgan fingerprint density at radius 3 is 2.81 bits per heavy atom. The molecule has 2 aromatic carbocycles. The minimum absolute atomic E-state index is 0.279. The molecule has 0 aromatic heterocycles. The monoisotopic (exact) mass is 348 g/mol. The standard InChI is InChI=1S/C16H17BrN2O2/c17-14-4-5-15(20)13(9-14)10-19-7-6-11-2-1-3-12(8-11)16(18)21/h1-5,8-9,19-20H,6-7,10H2,(H2,18,21). The van der Waals surface area contributed by atoms with Crippen molar-refractivity contribution in [1.82, 2.24) is 5.32 Å². The first-order valence-corrected chi connectivity index (χ1v) is 7.42. The summed E-state index contributed by atoms with van der Waals surface area (Å²) in [5.41, 5.74) is 7.68. The highest BCUT2D eigenvalue weighted by Crippen LogP contribution is 2.21. The molecule has 1 amide bonds. The molecule has 110 valence electrons. The number of phenols is 1. The lowest BCUT2D eigenvalue weighted by molar-refractivity contribution is 0.1000. The molecule has 5 heteroatoms. The summed E-state index contributed by atoms with van der Waals surface area (Å²) in [4.78, 5) is 11.1. The third-order valence-corrected chi connectivity index (χ3v) is 3.65. The van der Waals surface area contributed by atoms with Crippen LogP contribution in [0.5, 0.6) is 5.75 Å². The van der Waals surface area contributed by atoms with Gasteiger partial charge in [0.25, 0.3) is 0 Å². The van der Waals surface area contributed by atoms with E-state index < -0.39 is 5.91 Å². The number of aromatic hydroxyl groups is 1. The average Bonchev–Trinajstić information content (AvgIpc) is 2.47. The van der Waals surface area contributed by atoms with Gasteiger partial charge in [-0.15, -0.1) is 0 Å². The SMILES string of the molecule is NC(=O)c1cccc(CCNCc2cc(Br)ccc2O)c1. The fourth-order valence-corrected chi connectivity index (χ4v) is 2.44. The van der Waals surface area contributed by atoms with Crippen LogP contribution in [0, 0.1) is 0 Å². The number of carbonyl (C=O) groups is 1. The van der Waals surface area contributed by atoms with E-state index in [4.69, 9.17) is 5.73 Å². The van der Waals surface area contributed by atoms with E-state index in [9.17, 15) is 9.90 Å². The van der Waals surface area contributed by atoms with Crippen molar-refractivity contribution in [2.24, 2.45) is 5.73 Å². The lowest BCUT2D eigenvalue weighted by atomic mass is 10.1. The second-order valence-electron chi connectivity index (χ2n) is 4.76. The van der Waals surface area contributed by atoms with Crippen molar-refractivity contribution in [2.75, 3.05) is 6.54 Å². The van der Waals surface area contributed by atoms with Crippen molar-refractivity contribution in [2.45, 2.75) is 13.0 Å². The minimum Gasteiger partial charge on any atom is -0.508 e. The molecule has 0 saturated heterocycles. The molecule has 0 radical (unpaired) electrons. The van der Waals surface area contributed by atoms with Crippen molar-refractivity contribution >= 4 is 21.8 Å². The lowest BCUT2D eigenvalue weighted by Crippen LogP contribution is -2.17. The number of amides is 1. The third-order valence-electron chi connectivity index (χ3n) is 3.16. The number of phenolic OH excluding ortho intramolecular Hbond substituents is 1. The van der Waals surface area contributed by atoms with Crippen molar-refractivity contribution in [3.05, 3.63) is 63.6 Å². The zero-order valence-electron chi connectivity index (χ0n) is 11.5. The molecule has 0 bridgehead atoms. The Labute approximate surface area is 132 Å². The number of benzene rings is 2. The number of halogens is 1. The predicted octanol–water partition coefficient (Wildman–Crippen LogP) is 2.59. The normalized spacial score (nSPS) is 10.5. The Hall–Kier alpha value is -1.85. The molecule has 21 heavy (non-hydrogen) atoms. The van der Waals surface area contributed by atoms with Gasteiger partial charge in [0, 0.05) is 22.1 Å². The number of nitrogens with two attached hydrogens (primary N) is 1. The van der Waals surface area contributed by atoms with E-state index >= 15 is 0 Å². The molecule has 0 aliphatic heterocycles. The first-order chi connectivity index (χ1) is 10.1. The molecule has 0 spiro atoms. The fraction of sp³-hybridized carbons (Fsp3) is 0.188. The highest BCUT2D eigenvalue weighted by Gasteiger charge is 2.03. The summed E-state index contributed by atoms with van der Waals surface area (Å²) in [6.45, 7) is 1.33. The molecule has 0 unspecified atom stereocenters.